The number of aryl methyl sites for hydroxylation is 1. The molecule has 1 aromatic heterocycles. The number of fused-ring (bicyclic) bond motifs is 1. The maximum Gasteiger partial charge on any atom is 0.201 e. The number of ether oxygens (including phenoxy) is 1. The van der Waals surface area contributed by atoms with E-state index in [4.69, 9.17) is 10.5 Å². The third-order valence-electron chi connectivity index (χ3n) is 2.78. The average molecular weight is 219 g/mol. The van der Waals surface area contributed by atoms with Gasteiger partial charge in [0.25, 0.3) is 0 Å². The second kappa shape index (κ2) is 4.14. The average Bonchev–Trinajstić information content (AvgIpc) is 2.54. The summed E-state index contributed by atoms with van der Waals surface area (Å²) in [6.45, 7) is 4.79. The molecule has 4 nitrogen and oxygen atoms in total. The van der Waals surface area contributed by atoms with E-state index in [1.807, 2.05) is 24.5 Å². The lowest BCUT2D eigenvalue weighted by Crippen LogP contribution is -2.16. The summed E-state index contributed by atoms with van der Waals surface area (Å²) in [7, 11) is 1.70. The number of nitrogens with two attached hydrogens (primary N) is 1. The third-order valence-corrected chi connectivity index (χ3v) is 2.78. The predicted molar refractivity (Wildman–Crippen MR) is 65.4 cm³/mol. The summed E-state index contributed by atoms with van der Waals surface area (Å²) in [6, 6.07) is 6.16. The minimum Gasteiger partial charge on any atom is -0.380 e. The zero-order valence-electron chi connectivity index (χ0n) is 9.90. The highest BCUT2D eigenvalue weighted by molar-refractivity contribution is 5.79. The fourth-order valence-corrected chi connectivity index (χ4v) is 1.78. The van der Waals surface area contributed by atoms with Crippen LogP contribution in [0.5, 0.6) is 0 Å². The molecule has 0 aliphatic carbocycles. The predicted octanol–water partition coefficient (Wildman–Crippen LogP) is 1.96. The van der Waals surface area contributed by atoms with Crippen LogP contribution >= 0.6 is 0 Å². The Morgan fingerprint density at radius 2 is 2.25 bits per heavy atom. The van der Waals surface area contributed by atoms with Crippen LogP contribution in [0.3, 0.4) is 0 Å². The van der Waals surface area contributed by atoms with E-state index in [1.54, 1.807) is 7.11 Å². The monoisotopic (exact) mass is 219 g/mol. The smallest absolute Gasteiger partial charge is 0.201 e. The van der Waals surface area contributed by atoms with Gasteiger partial charge in [0, 0.05) is 7.11 Å². The summed E-state index contributed by atoms with van der Waals surface area (Å²) in [6.07, 6.45) is 0.126. The van der Waals surface area contributed by atoms with Crippen LogP contribution in [0.15, 0.2) is 18.2 Å². The molecule has 0 bridgehead atoms. The Bertz CT molecular complexity index is 504. The van der Waals surface area contributed by atoms with Crippen molar-refractivity contribution < 1.29 is 4.74 Å². The first-order valence-electron chi connectivity index (χ1n) is 5.37. The molecule has 0 spiro atoms. The van der Waals surface area contributed by atoms with E-state index in [0.717, 1.165) is 17.6 Å². The lowest BCUT2D eigenvalue weighted by Gasteiger charge is -2.12. The molecule has 1 heterocycles. The van der Waals surface area contributed by atoms with Crippen LogP contribution in [-0.4, -0.2) is 22.8 Å². The fourth-order valence-electron chi connectivity index (χ4n) is 1.78. The maximum atomic E-state index is 5.90. The minimum absolute atomic E-state index is 0.126. The molecular formula is C12H17N3O. The van der Waals surface area contributed by atoms with Crippen LogP contribution in [0.25, 0.3) is 11.0 Å². The summed E-state index contributed by atoms with van der Waals surface area (Å²) < 4.78 is 7.24. The van der Waals surface area contributed by atoms with Crippen LogP contribution in [0.4, 0.5) is 5.95 Å². The summed E-state index contributed by atoms with van der Waals surface area (Å²) in [4.78, 5) is 4.35. The van der Waals surface area contributed by atoms with E-state index in [9.17, 15) is 0 Å². The number of hydrogen-bond donors (Lipinski definition) is 1. The highest BCUT2D eigenvalue weighted by Gasteiger charge is 2.10. The van der Waals surface area contributed by atoms with Crippen LogP contribution in [0.1, 0.15) is 12.5 Å². The van der Waals surface area contributed by atoms with Crippen molar-refractivity contribution >= 4 is 17.0 Å². The summed E-state index contributed by atoms with van der Waals surface area (Å²) in [5.74, 6) is 0.546. The van der Waals surface area contributed by atoms with Crippen molar-refractivity contribution in [1.29, 1.82) is 0 Å². The van der Waals surface area contributed by atoms with Crippen molar-refractivity contribution in [3.8, 4) is 0 Å². The molecule has 1 aromatic carbocycles. The van der Waals surface area contributed by atoms with E-state index in [-0.39, 0.29) is 6.10 Å². The normalized spacial score (nSPS) is 13.2. The highest BCUT2D eigenvalue weighted by atomic mass is 16.5. The van der Waals surface area contributed by atoms with Crippen LogP contribution in [-0.2, 0) is 11.3 Å². The van der Waals surface area contributed by atoms with Crippen molar-refractivity contribution in [1.82, 2.24) is 9.55 Å². The van der Waals surface area contributed by atoms with Crippen molar-refractivity contribution in [3.63, 3.8) is 0 Å². The first-order valence-corrected chi connectivity index (χ1v) is 5.37. The molecule has 1 atom stereocenters. The van der Waals surface area contributed by atoms with Crippen molar-refractivity contribution in [3.05, 3.63) is 23.8 Å². The van der Waals surface area contributed by atoms with Gasteiger partial charge in [0.2, 0.25) is 5.95 Å². The molecule has 4 heteroatoms. The second-order valence-corrected chi connectivity index (χ2v) is 4.12. The molecule has 0 radical (unpaired) electrons. The topological polar surface area (TPSA) is 53.1 Å². The Labute approximate surface area is 95.0 Å². The van der Waals surface area contributed by atoms with E-state index >= 15 is 0 Å². The zero-order valence-corrected chi connectivity index (χ0v) is 9.90. The fraction of sp³-hybridized carbons (Fsp3) is 0.417. The molecule has 0 saturated carbocycles. The molecular weight excluding hydrogens is 202 g/mol. The first-order chi connectivity index (χ1) is 7.61. The zero-order chi connectivity index (χ0) is 11.7. The number of aromatic nitrogens is 2. The van der Waals surface area contributed by atoms with Gasteiger partial charge in [-0.05, 0) is 31.5 Å². The number of methoxy groups -OCH3 is 1. The van der Waals surface area contributed by atoms with E-state index in [2.05, 4.69) is 17.1 Å². The molecule has 86 valence electrons. The molecule has 0 aliphatic rings. The summed E-state index contributed by atoms with van der Waals surface area (Å²) in [5.41, 5.74) is 9.10. The summed E-state index contributed by atoms with van der Waals surface area (Å²) in [5, 5.41) is 0. The van der Waals surface area contributed by atoms with Gasteiger partial charge in [-0.15, -0.1) is 0 Å². The molecule has 2 aromatic rings. The Balaban J connectivity index is 2.47. The SMILES string of the molecule is COC(C)Cn1c(N)nc2cc(C)ccc21. The number of nitrogens with zero attached hydrogens (tertiary/aromatic N) is 2. The number of hydrogen-bond acceptors (Lipinski definition) is 3. The second-order valence-electron chi connectivity index (χ2n) is 4.12. The van der Waals surface area contributed by atoms with Gasteiger partial charge in [0.1, 0.15) is 0 Å². The van der Waals surface area contributed by atoms with E-state index < -0.39 is 0 Å². The number of imidazole rings is 1. The lowest BCUT2D eigenvalue weighted by molar-refractivity contribution is 0.105. The number of anilines is 1. The Morgan fingerprint density at radius 1 is 1.50 bits per heavy atom. The Kier molecular flexibility index (Phi) is 2.83. The van der Waals surface area contributed by atoms with Gasteiger partial charge < -0.3 is 15.0 Å². The molecule has 0 saturated heterocycles. The molecule has 1 unspecified atom stereocenters. The van der Waals surface area contributed by atoms with Crippen LogP contribution < -0.4 is 5.73 Å². The molecule has 2 N–H and O–H groups in total. The third kappa shape index (κ3) is 1.88. The molecule has 0 aliphatic heterocycles. The first kappa shape index (κ1) is 11.0. The Morgan fingerprint density at radius 3 is 2.94 bits per heavy atom. The standard InChI is InChI=1S/C12H17N3O/c1-8-4-5-11-10(6-8)14-12(13)15(11)7-9(2)16-3/h4-6,9H,7H2,1-3H3,(H2,13,14). The van der Waals surface area contributed by atoms with Gasteiger partial charge >= 0.3 is 0 Å². The van der Waals surface area contributed by atoms with Gasteiger partial charge in [-0.1, -0.05) is 6.07 Å². The van der Waals surface area contributed by atoms with Gasteiger partial charge in [0.15, 0.2) is 0 Å². The molecule has 0 fully saturated rings. The van der Waals surface area contributed by atoms with Gasteiger partial charge in [-0.25, -0.2) is 4.98 Å². The lowest BCUT2D eigenvalue weighted by atomic mass is 10.2. The summed E-state index contributed by atoms with van der Waals surface area (Å²) >= 11 is 0. The largest absolute Gasteiger partial charge is 0.380 e. The number of rotatable bonds is 3. The minimum atomic E-state index is 0.126. The van der Waals surface area contributed by atoms with Crippen molar-refractivity contribution in [2.75, 3.05) is 12.8 Å². The van der Waals surface area contributed by atoms with Crippen LogP contribution in [0, 0.1) is 6.92 Å². The molecule has 0 amide bonds. The van der Waals surface area contributed by atoms with E-state index in [0.29, 0.717) is 5.95 Å². The van der Waals surface area contributed by atoms with Crippen molar-refractivity contribution in [2.24, 2.45) is 0 Å². The van der Waals surface area contributed by atoms with Crippen molar-refractivity contribution in [2.45, 2.75) is 26.5 Å². The van der Waals surface area contributed by atoms with Gasteiger partial charge in [0.05, 0.1) is 23.7 Å². The molecule has 2 rings (SSSR count). The highest BCUT2D eigenvalue weighted by Crippen LogP contribution is 2.19. The van der Waals surface area contributed by atoms with E-state index in [1.165, 1.54) is 5.56 Å². The quantitative estimate of drug-likeness (QED) is 0.858. The van der Waals surface area contributed by atoms with Gasteiger partial charge in [-0.3, -0.25) is 0 Å². The maximum absolute atomic E-state index is 5.90. The van der Waals surface area contributed by atoms with Gasteiger partial charge in [-0.2, -0.15) is 0 Å². The number of nitrogen functional groups attached to an aromatic ring is 1. The molecule has 16 heavy (non-hydrogen) atoms. The van der Waals surface area contributed by atoms with Crippen LogP contribution in [0.2, 0.25) is 0 Å². The number of benzene rings is 1. The Hall–Kier alpha value is -1.55.